The van der Waals surface area contributed by atoms with E-state index < -0.39 is 5.97 Å². The Hall–Kier alpha value is -1.30. The van der Waals surface area contributed by atoms with E-state index in [0.29, 0.717) is 11.6 Å². The summed E-state index contributed by atoms with van der Waals surface area (Å²) in [5, 5.41) is 9.47. The Morgan fingerprint density at radius 3 is 2.95 bits per heavy atom. The van der Waals surface area contributed by atoms with Gasteiger partial charge in [0.2, 0.25) is 0 Å². The van der Waals surface area contributed by atoms with Crippen LogP contribution in [0.25, 0.3) is 0 Å². The molecule has 0 spiro atoms. The summed E-state index contributed by atoms with van der Waals surface area (Å²) in [6.07, 6.45) is 2.88. The lowest BCUT2D eigenvalue weighted by Crippen LogP contribution is -2.24. The van der Waals surface area contributed by atoms with E-state index in [0.717, 1.165) is 25.9 Å². The third-order valence-corrected chi connectivity index (χ3v) is 3.19. The van der Waals surface area contributed by atoms with Gasteiger partial charge in [0, 0.05) is 11.6 Å². The topological polar surface area (TPSA) is 65.0 Å². The standard InChI is InChI=1S/C14H17ClO5/c15-10-4-5-11(14(16)17)12(9-10)18-7-8-20-13-3-1-2-6-19-13/h4-5,9,13H,1-3,6-8H2,(H,16,17). The maximum absolute atomic E-state index is 11.0. The van der Waals surface area contributed by atoms with Crippen LogP contribution in [-0.2, 0) is 9.47 Å². The van der Waals surface area contributed by atoms with E-state index in [2.05, 4.69) is 0 Å². The molecule has 1 aliphatic heterocycles. The van der Waals surface area contributed by atoms with Crippen molar-refractivity contribution in [3.05, 3.63) is 28.8 Å². The van der Waals surface area contributed by atoms with Crippen LogP contribution >= 0.6 is 11.6 Å². The number of benzene rings is 1. The minimum Gasteiger partial charge on any atom is -0.490 e. The van der Waals surface area contributed by atoms with Gasteiger partial charge in [0.15, 0.2) is 6.29 Å². The molecule has 1 aromatic carbocycles. The van der Waals surface area contributed by atoms with Gasteiger partial charge in [-0.1, -0.05) is 11.6 Å². The minimum atomic E-state index is -1.05. The van der Waals surface area contributed by atoms with Crippen molar-refractivity contribution >= 4 is 17.6 Å². The molecule has 1 aromatic rings. The molecule has 6 heteroatoms. The second-order valence-corrected chi connectivity index (χ2v) is 4.90. The molecule has 0 aromatic heterocycles. The molecule has 1 atom stereocenters. The maximum atomic E-state index is 11.0. The van der Waals surface area contributed by atoms with Gasteiger partial charge in [-0.05, 0) is 37.5 Å². The summed E-state index contributed by atoms with van der Waals surface area (Å²) in [5.41, 5.74) is 0.0864. The second kappa shape index (κ2) is 7.47. The van der Waals surface area contributed by atoms with Crippen molar-refractivity contribution in [3.63, 3.8) is 0 Å². The zero-order valence-corrected chi connectivity index (χ0v) is 11.8. The summed E-state index contributed by atoms with van der Waals surface area (Å²) in [6.45, 7) is 1.32. The van der Waals surface area contributed by atoms with Crippen molar-refractivity contribution in [3.8, 4) is 5.75 Å². The maximum Gasteiger partial charge on any atom is 0.339 e. The van der Waals surface area contributed by atoms with E-state index >= 15 is 0 Å². The van der Waals surface area contributed by atoms with Crippen LogP contribution in [0.5, 0.6) is 5.75 Å². The van der Waals surface area contributed by atoms with E-state index in [9.17, 15) is 4.79 Å². The SMILES string of the molecule is O=C(O)c1ccc(Cl)cc1OCCOC1CCCCO1. The van der Waals surface area contributed by atoms with E-state index in [1.54, 1.807) is 0 Å². The number of halogens is 1. The van der Waals surface area contributed by atoms with Crippen LogP contribution in [-0.4, -0.2) is 37.2 Å². The number of carboxylic acid groups (broad SMARTS) is 1. The van der Waals surface area contributed by atoms with E-state index in [-0.39, 0.29) is 24.2 Å². The smallest absolute Gasteiger partial charge is 0.339 e. The van der Waals surface area contributed by atoms with E-state index in [1.165, 1.54) is 18.2 Å². The van der Waals surface area contributed by atoms with Crippen LogP contribution in [0.15, 0.2) is 18.2 Å². The van der Waals surface area contributed by atoms with Gasteiger partial charge in [0.25, 0.3) is 0 Å². The highest BCUT2D eigenvalue weighted by atomic mass is 35.5. The molecule has 0 aliphatic carbocycles. The summed E-state index contributed by atoms with van der Waals surface area (Å²) in [7, 11) is 0. The zero-order chi connectivity index (χ0) is 14.4. The van der Waals surface area contributed by atoms with Gasteiger partial charge in [-0.25, -0.2) is 4.79 Å². The summed E-state index contributed by atoms with van der Waals surface area (Å²) in [6, 6.07) is 4.43. The summed E-state index contributed by atoms with van der Waals surface area (Å²) in [4.78, 5) is 11.0. The van der Waals surface area contributed by atoms with Crippen LogP contribution in [0.4, 0.5) is 0 Å². The molecule has 110 valence electrons. The van der Waals surface area contributed by atoms with Crippen LogP contribution in [0.3, 0.4) is 0 Å². The Morgan fingerprint density at radius 1 is 1.40 bits per heavy atom. The highest BCUT2D eigenvalue weighted by molar-refractivity contribution is 6.30. The Labute approximate surface area is 122 Å². The average molecular weight is 301 g/mol. The van der Waals surface area contributed by atoms with Gasteiger partial charge in [0.05, 0.1) is 6.61 Å². The van der Waals surface area contributed by atoms with Crippen molar-refractivity contribution in [1.29, 1.82) is 0 Å². The van der Waals surface area contributed by atoms with Crippen molar-refractivity contribution in [1.82, 2.24) is 0 Å². The molecule has 1 aliphatic rings. The molecule has 1 saturated heterocycles. The highest BCUT2D eigenvalue weighted by Gasteiger charge is 2.15. The lowest BCUT2D eigenvalue weighted by atomic mass is 10.2. The molecule has 20 heavy (non-hydrogen) atoms. The molecule has 1 N–H and O–H groups in total. The van der Waals surface area contributed by atoms with Gasteiger partial charge in [-0.3, -0.25) is 0 Å². The number of hydrogen-bond donors (Lipinski definition) is 1. The number of carbonyl (C=O) groups is 1. The number of hydrogen-bond acceptors (Lipinski definition) is 4. The molecular weight excluding hydrogens is 284 g/mol. The first-order chi connectivity index (χ1) is 9.66. The molecule has 1 unspecified atom stereocenters. The third-order valence-electron chi connectivity index (χ3n) is 2.96. The van der Waals surface area contributed by atoms with Gasteiger partial charge in [0.1, 0.15) is 17.9 Å². The molecule has 0 radical (unpaired) electrons. The van der Waals surface area contributed by atoms with E-state index in [4.69, 9.17) is 30.9 Å². The van der Waals surface area contributed by atoms with Gasteiger partial charge in [-0.2, -0.15) is 0 Å². The Morgan fingerprint density at radius 2 is 2.25 bits per heavy atom. The lowest BCUT2D eigenvalue weighted by molar-refractivity contribution is -0.165. The monoisotopic (exact) mass is 300 g/mol. The van der Waals surface area contributed by atoms with Crippen LogP contribution in [0, 0.1) is 0 Å². The molecule has 1 fully saturated rings. The van der Waals surface area contributed by atoms with Crippen molar-refractivity contribution in [2.45, 2.75) is 25.6 Å². The van der Waals surface area contributed by atoms with Gasteiger partial charge < -0.3 is 19.3 Å². The fraction of sp³-hybridized carbons (Fsp3) is 0.500. The molecule has 1 heterocycles. The molecule has 0 bridgehead atoms. The largest absolute Gasteiger partial charge is 0.490 e. The number of ether oxygens (including phenoxy) is 3. The molecular formula is C14H17ClO5. The Balaban J connectivity index is 1.81. The Kier molecular flexibility index (Phi) is 5.64. The number of rotatable bonds is 6. The van der Waals surface area contributed by atoms with Crippen molar-refractivity contribution in [2.24, 2.45) is 0 Å². The highest BCUT2D eigenvalue weighted by Crippen LogP contribution is 2.23. The second-order valence-electron chi connectivity index (χ2n) is 4.46. The van der Waals surface area contributed by atoms with Crippen LogP contribution < -0.4 is 4.74 Å². The minimum absolute atomic E-state index is 0.0864. The summed E-state index contributed by atoms with van der Waals surface area (Å²) >= 11 is 5.83. The normalized spacial score (nSPS) is 18.8. The molecule has 0 amide bonds. The fourth-order valence-electron chi connectivity index (χ4n) is 1.97. The first-order valence-corrected chi connectivity index (χ1v) is 6.93. The predicted molar refractivity (Wildman–Crippen MR) is 73.4 cm³/mol. The Bertz CT molecular complexity index is 457. The van der Waals surface area contributed by atoms with Crippen LogP contribution in [0.1, 0.15) is 29.6 Å². The fourth-order valence-corrected chi connectivity index (χ4v) is 2.13. The van der Waals surface area contributed by atoms with Crippen molar-refractivity contribution < 1.29 is 24.1 Å². The molecule has 0 saturated carbocycles. The van der Waals surface area contributed by atoms with Crippen LogP contribution in [0.2, 0.25) is 5.02 Å². The number of aromatic carboxylic acids is 1. The first-order valence-electron chi connectivity index (χ1n) is 6.55. The number of carboxylic acids is 1. The van der Waals surface area contributed by atoms with E-state index in [1.807, 2.05) is 0 Å². The summed E-state index contributed by atoms with van der Waals surface area (Å²) in [5.74, 6) is -0.800. The average Bonchev–Trinajstić information content (AvgIpc) is 2.44. The molecule has 5 nitrogen and oxygen atoms in total. The van der Waals surface area contributed by atoms with Gasteiger partial charge in [-0.15, -0.1) is 0 Å². The predicted octanol–water partition coefficient (Wildman–Crippen LogP) is 2.96. The lowest BCUT2D eigenvalue weighted by Gasteiger charge is -2.22. The quantitative estimate of drug-likeness (QED) is 0.818. The first kappa shape index (κ1) is 15.1. The third kappa shape index (κ3) is 4.37. The van der Waals surface area contributed by atoms with Gasteiger partial charge >= 0.3 is 5.97 Å². The molecule has 2 rings (SSSR count). The van der Waals surface area contributed by atoms with Crippen molar-refractivity contribution in [2.75, 3.05) is 19.8 Å². The zero-order valence-electron chi connectivity index (χ0n) is 11.0. The summed E-state index contributed by atoms with van der Waals surface area (Å²) < 4.78 is 16.4.